The van der Waals surface area contributed by atoms with Crippen molar-refractivity contribution in [2.24, 2.45) is 11.1 Å². The van der Waals surface area contributed by atoms with Gasteiger partial charge in [0, 0.05) is 24.5 Å². The fourth-order valence-electron chi connectivity index (χ4n) is 4.91. The quantitative estimate of drug-likeness (QED) is 0.390. The van der Waals surface area contributed by atoms with E-state index in [9.17, 15) is 23.6 Å². The summed E-state index contributed by atoms with van der Waals surface area (Å²) >= 11 is 5.80. The minimum absolute atomic E-state index is 0.123. The van der Waals surface area contributed by atoms with Gasteiger partial charge in [0.15, 0.2) is 0 Å². The van der Waals surface area contributed by atoms with Gasteiger partial charge in [0.05, 0.1) is 16.0 Å². The summed E-state index contributed by atoms with van der Waals surface area (Å²) in [6, 6.07) is 3.85. The standard InChI is InChI=1S/C24H26ClFN4O4/c1-13-18(20(31)22(33)28-10-9-24(23(27)34)7-3-8-24)17-4-2-11-30(17)19(13)21(32)29-14-5-6-16(26)15(25)12-14/h5-6,12H,2-4,7-11H2,1H3,(H2,27,34)(H,28,33)(H,29,32). The lowest BCUT2D eigenvalue weighted by atomic mass is 9.66. The molecule has 4 rings (SSSR count). The van der Waals surface area contributed by atoms with Gasteiger partial charge in [-0.15, -0.1) is 0 Å². The van der Waals surface area contributed by atoms with Gasteiger partial charge in [0.25, 0.3) is 17.6 Å². The minimum Gasteiger partial charge on any atom is -0.369 e. The van der Waals surface area contributed by atoms with Crippen molar-refractivity contribution >= 4 is 40.8 Å². The number of hydrogen-bond donors (Lipinski definition) is 3. The van der Waals surface area contributed by atoms with Crippen LogP contribution in [0.1, 0.15) is 64.2 Å². The highest BCUT2D eigenvalue weighted by Crippen LogP contribution is 2.43. The zero-order valence-corrected chi connectivity index (χ0v) is 19.6. The molecular formula is C24H26ClFN4O4. The predicted octanol–water partition coefficient (Wildman–Crippen LogP) is 3.13. The second kappa shape index (κ2) is 9.21. The maximum Gasteiger partial charge on any atom is 0.292 e. The van der Waals surface area contributed by atoms with E-state index in [0.29, 0.717) is 49.2 Å². The molecule has 34 heavy (non-hydrogen) atoms. The van der Waals surface area contributed by atoms with Crippen LogP contribution in [0.4, 0.5) is 10.1 Å². The number of hydrogen-bond acceptors (Lipinski definition) is 4. The molecule has 1 aromatic heterocycles. The van der Waals surface area contributed by atoms with E-state index in [4.69, 9.17) is 17.3 Å². The summed E-state index contributed by atoms with van der Waals surface area (Å²) in [4.78, 5) is 50.5. The first-order valence-corrected chi connectivity index (χ1v) is 11.6. The van der Waals surface area contributed by atoms with Gasteiger partial charge in [-0.25, -0.2) is 4.39 Å². The summed E-state index contributed by atoms with van der Waals surface area (Å²) in [5.74, 6) is -2.94. The van der Waals surface area contributed by atoms with E-state index in [-0.39, 0.29) is 28.7 Å². The monoisotopic (exact) mass is 488 g/mol. The lowest BCUT2D eigenvalue weighted by molar-refractivity contribution is -0.133. The molecule has 0 spiro atoms. The van der Waals surface area contributed by atoms with Crippen molar-refractivity contribution in [2.45, 2.75) is 52.0 Å². The highest BCUT2D eigenvalue weighted by molar-refractivity contribution is 6.43. The van der Waals surface area contributed by atoms with Gasteiger partial charge in [-0.05, 0) is 62.8 Å². The Morgan fingerprint density at radius 2 is 1.94 bits per heavy atom. The van der Waals surface area contributed by atoms with Crippen molar-refractivity contribution in [1.82, 2.24) is 9.88 Å². The number of primary amides is 1. The van der Waals surface area contributed by atoms with E-state index in [1.807, 2.05) is 0 Å². The van der Waals surface area contributed by atoms with E-state index in [1.165, 1.54) is 12.1 Å². The Hall–Kier alpha value is -3.20. The minimum atomic E-state index is -0.778. The molecule has 0 atom stereocenters. The Morgan fingerprint density at radius 1 is 1.21 bits per heavy atom. The van der Waals surface area contributed by atoms with Crippen molar-refractivity contribution in [3.63, 3.8) is 0 Å². The van der Waals surface area contributed by atoms with Crippen molar-refractivity contribution in [1.29, 1.82) is 0 Å². The number of nitrogens with two attached hydrogens (primary N) is 1. The molecule has 0 bridgehead atoms. The third-order valence-corrected chi connectivity index (χ3v) is 7.25. The van der Waals surface area contributed by atoms with Gasteiger partial charge in [0.2, 0.25) is 5.91 Å². The average molecular weight is 489 g/mol. The molecule has 0 radical (unpaired) electrons. The van der Waals surface area contributed by atoms with Crippen LogP contribution >= 0.6 is 11.6 Å². The number of Topliss-reactive ketones (excluding diaryl/α,β-unsaturated/α-hetero) is 1. The molecule has 10 heteroatoms. The van der Waals surface area contributed by atoms with Gasteiger partial charge >= 0.3 is 0 Å². The first-order chi connectivity index (χ1) is 16.1. The molecular weight excluding hydrogens is 463 g/mol. The number of fused-ring (bicyclic) bond motifs is 1. The number of anilines is 1. The summed E-state index contributed by atoms with van der Waals surface area (Å²) < 4.78 is 15.2. The summed E-state index contributed by atoms with van der Waals surface area (Å²) in [5.41, 5.74) is 6.78. The maximum atomic E-state index is 13.4. The van der Waals surface area contributed by atoms with E-state index < -0.39 is 28.8 Å². The fraction of sp³-hybridized carbons (Fsp3) is 0.417. The normalized spacial score (nSPS) is 15.9. The third kappa shape index (κ3) is 4.20. The maximum absolute atomic E-state index is 13.4. The molecule has 180 valence electrons. The van der Waals surface area contributed by atoms with Gasteiger partial charge in [0.1, 0.15) is 11.5 Å². The van der Waals surface area contributed by atoms with Crippen LogP contribution in [0.5, 0.6) is 0 Å². The lowest BCUT2D eigenvalue weighted by Gasteiger charge is -2.38. The first-order valence-electron chi connectivity index (χ1n) is 11.3. The van der Waals surface area contributed by atoms with Crippen LogP contribution in [0, 0.1) is 18.2 Å². The summed E-state index contributed by atoms with van der Waals surface area (Å²) in [6.45, 7) is 2.34. The molecule has 4 N–H and O–H groups in total. The molecule has 1 aromatic carbocycles. The van der Waals surface area contributed by atoms with Crippen LogP contribution in [0.25, 0.3) is 0 Å². The van der Waals surface area contributed by atoms with Crippen molar-refractivity contribution in [3.8, 4) is 0 Å². The Kier molecular flexibility index (Phi) is 6.49. The number of ketones is 1. The second-order valence-electron chi connectivity index (χ2n) is 8.97. The van der Waals surface area contributed by atoms with E-state index in [1.54, 1.807) is 11.5 Å². The van der Waals surface area contributed by atoms with Gasteiger partial charge in [-0.3, -0.25) is 19.2 Å². The Balaban J connectivity index is 1.51. The Morgan fingerprint density at radius 3 is 2.56 bits per heavy atom. The number of benzene rings is 1. The molecule has 1 aliphatic carbocycles. The largest absolute Gasteiger partial charge is 0.369 e. The molecule has 2 heterocycles. The van der Waals surface area contributed by atoms with Crippen molar-refractivity contribution in [2.75, 3.05) is 11.9 Å². The highest BCUT2D eigenvalue weighted by atomic mass is 35.5. The second-order valence-corrected chi connectivity index (χ2v) is 9.37. The zero-order chi connectivity index (χ0) is 24.6. The third-order valence-electron chi connectivity index (χ3n) is 6.96. The molecule has 8 nitrogen and oxygen atoms in total. The zero-order valence-electron chi connectivity index (χ0n) is 18.8. The highest BCUT2D eigenvalue weighted by Gasteiger charge is 2.42. The molecule has 0 unspecified atom stereocenters. The molecule has 0 saturated heterocycles. The van der Waals surface area contributed by atoms with Crippen LogP contribution in [0.15, 0.2) is 18.2 Å². The van der Waals surface area contributed by atoms with Gasteiger partial charge in [-0.1, -0.05) is 18.0 Å². The predicted molar refractivity (Wildman–Crippen MR) is 124 cm³/mol. The molecule has 1 aliphatic heterocycles. The molecule has 2 aliphatic rings. The number of carbonyl (C=O) groups is 4. The first kappa shape index (κ1) is 23.9. The SMILES string of the molecule is Cc1c(C(=O)C(=O)NCCC2(C(N)=O)CCC2)c2n(c1C(=O)Nc1ccc(F)c(Cl)c1)CCC2. The number of nitrogens with zero attached hydrogens (tertiary/aromatic N) is 1. The van der Waals surface area contributed by atoms with E-state index >= 15 is 0 Å². The Bertz CT molecular complexity index is 1200. The number of rotatable bonds is 8. The molecule has 2 aromatic rings. The number of nitrogens with one attached hydrogen (secondary N) is 2. The Labute approximate surface area is 201 Å². The lowest BCUT2D eigenvalue weighted by Crippen LogP contribution is -2.45. The van der Waals surface area contributed by atoms with E-state index in [0.717, 1.165) is 18.9 Å². The topological polar surface area (TPSA) is 123 Å². The van der Waals surface area contributed by atoms with Crippen molar-refractivity contribution in [3.05, 3.63) is 51.6 Å². The van der Waals surface area contributed by atoms with Crippen LogP contribution in [0.2, 0.25) is 5.02 Å². The van der Waals surface area contributed by atoms with Crippen LogP contribution in [-0.4, -0.2) is 34.6 Å². The van der Waals surface area contributed by atoms with Crippen LogP contribution in [-0.2, 0) is 22.6 Å². The van der Waals surface area contributed by atoms with Gasteiger partial charge in [-0.2, -0.15) is 0 Å². The molecule has 3 amide bonds. The smallest absolute Gasteiger partial charge is 0.292 e. The molecule has 1 saturated carbocycles. The number of carbonyl (C=O) groups excluding carboxylic acids is 4. The number of halogens is 2. The van der Waals surface area contributed by atoms with Crippen molar-refractivity contribution < 1.29 is 23.6 Å². The summed E-state index contributed by atoms with van der Waals surface area (Å²) in [7, 11) is 0. The summed E-state index contributed by atoms with van der Waals surface area (Å²) in [6.07, 6.45) is 3.99. The number of aromatic nitrogens is 1. The fourth-order valence-corrected chi connectivity index (χ4v) is 5.09. The van der Waals surface area contributed by atoms with Gasteiger partial charge < -0.3 is 20.9 Å². The van der Waals surface area contributed by atoms with E-state index in [2.05, 4.69) is 10.6 Å². The van der Waals surface area contributed by atoms with Crippen LogP contribution in [0.3, 0.4) is 0 Å². The van der Waals surface area contributed by atoms with Crippen LogP contribution < -0.4 is 16.4 Å². The molecule has 1 fully saturated rings. The summed E-state index contributed by atoms with van der Waals surface area (Å²) in [5, 5.41) is 5.18. The average Bonchev–Trinajstić information content (AvgIpc) is 3.31. The number of amides is 3.